The van der Waals surface area contributed by atoms with Gasteiger partial charge in [0, 0.05) is 18.1 Å². The molecular formula is C10H13BrFNO2. The molecule has 0 bridgehead atoms. The molecular weight excluding hydrogens is 265 g/mol. The largest absolute Gasteiger partial charge is 0.394 e. The van der Waals surface area contributed by atoms with Crippen molar-refractivity contribution in [2.45, 2.75) is 6.10 Å². The maximum atomic E-state index is 13.4. The fourth-order valence-corrected chi connectivity index (χ4v) is 1.60. The molecule has 1 aromatic carbocycles. The van der Waals surface area contributed by atoms with Gasteiger partial charge in [-0.1, -0.05) is 15.9 Å². The second kappa shape index (κ2) is 5.44. The predicted molar refractivity (Wildman–Crippen MR) is 60.5 cm³/mol. The van der Waals surface area contributed by atoms with Crippen molar-refractivity contribution < 1.29 is 14.6 Å². The zero-order valence-electron chi connectivity index (χ0n) is 8.32. The molecule has 5 heteroatoms. The van der Waals surface area contributed by atoms with Crippen LogP contribution in [0.15, 0.2) is 22.7 Å². The van der Waals surface area contributed by atoms with Crippen LogP contribution < -0.4 is 4.90 Å². The minimum atomic E-state index is -0.867. The zero-order valence-corrected chi connectivity index (χ0v) is 9.91. The van der Waals surface area contributed by atoms with Gasteiger partial charge in [-0.05, 0) is 18.2 Å². The summed E-state index contributed by atoms with van der Waals surface area (Å²) in [5.41, 5.74) is 0.386. The molecule has 0 radical (unpaired) electrons. The van der Waals surface area contributed by atoms with E-state index >= 15 is 0 Å². The van der Waals surface area contributed by atoms with Crippen molar-refractivity contribution in [1.29, 1.82) is 0 Å². The number of likely N-dealkylation sites (N-methyl/N-ethyl adjacent to an activating group) is 1. The number of anilines is 1. The summed E-state index contributed by atoms with van der Waals surface area (Å²) in [5.74, 6) is -0.356. The second-order valence-electron chi connectivity index (χ2n) is 3.31. The summed E-state index contributed by atoms with van der Waals surface area (Å²) in [7, 11) is 1.66. The van der Waals surface area contributed by atoms with Gasteiger partial charge in [0.1, 0.15) is 5.82 Å². The van der Waals surface area contributed by atoms with Crippen molar-refractivity contribution in [3.05, 3.63) is 28.5 Å². The van der Waals surface area contributed by atoms with Crippen LogP contribution in [0.5, 0.6) is 0 Å². The molecule has 0 aliphatic carbocycles. The SMILES string of the molecule is CN(CC(O)CO)c1cc(Br)ccc1F. The molecule has 15 heavy (non-hydrogen) atoms. The first-order valence-electron chi connectivity index (χ1n) is 4.49. The highest BCUT2D eigenvalue weighted by molar-refractivity contribution is 9.10. The molecule has 1 unspecified atom stereocenters. The second-order valence-corrected chi connectivity index (χ2v) is 4.23. The third kappa shape index (κ3) is 3.44. The van der Waals surface area contributed by atoms with Crippen molar-refractivity contribution >= 4 is 21.6 Å². The van der Waals surface area contributed by atoms with Crippen LogP contribution >= 0.6 is 15.9 Å². The third-order valence-electron chi connectivity index (χ3n) is 2.01. The van der Waals surface area contributed by atoms with Crippen molar-refractivity contribution in [2.75, 3.05) is 25.1 Å². The van der Waals surface area contributed by atoms with E-state index in [1.807, 2.05) is 0 Å². The van der Waals surface area contributed by atoms with E-state index in [-0.39, 0.29) is 19.0 Å². The molecule has 2 N–H and O–H groups in total. The molecule has 84 valence electrons. The lowest BCUT2D eigenvalue weighted by Crippen LogP contribution is -2.31. The first kappa shape index (κ1) is 12.4. The third-order valence-corrected chi connectivity index (χ3v) is 2.51. The summed E-state index contributed by atoms with van der Waals surface area (Å²) in [4.78, 5) is 1.56. The average molecular weight is 278 g/mol. The van der Waals surface area contributed by atoms with Gasteiger partial charge in [-0.2, -0.15) is 0 Å². The minimum Gasteiger partial charge on any atom is -0.394 e. The van der Waals surface area contributed by atoms with Crippen molar-refractivity contribution in [2.24, 2.45) is 0 Å². The lowest BCUT2D eigenvalue weighted by molar-refractivity contribution is 0.101. The first-order chi connectivity index (χ1) is 7.04. The normalized spacial score (nSPS) is 12.6. The summed E-state index contributed by atoms with van der Waals surface area (Å²) in [6.07, 6.45) is -0.867. The van der Waals surface area contributed by atoms with Crippen LogP contribution in [0.2, 0.25) is 0 Å². The number of aliphatic hydroxyl groups excluding tert-OH is 2. The van der Waals surface area contributed by atoms with Crippen molar-refractivity contribution in [3.63, 3.8) is 0 Å². The molecule has 0 aliphatic heterocycles. The zero-order chi connectivity index (χ0) is 11.4. The Morgan fingerprint density at radius 3 is 2.80 bits per heavy atom. The number of nitrogens with zero attached hydrogens (tertiary/aromatic N) is 1. The van der Waals surface area contributed by atoms with Gasteiger partial charge >= 0.3 is 0 Å². The summed E-state index contributed by atoms with van der Waals surface area (Å²) in [6.45, 7) is -0.149. The Balaban J connectivity index is 2.80. The maximum Gasteiger partial charge on any atom is 0.146 e. The standard InChI is InChI=1S/C10H13BrFNO2/c1-13(5-8(15)6-14)10-4-7(11)2-3-9(10)12/h2-4,8,14-15H,5-6H2,1H3. The Labute approximate surface area is 96.3 Å². The Kier molecular flexibility index (Phi) is 4.50. The topological polar surface area (TPSA) is 43.7 Å². The number of benzene rings is 1. The Bertz CT molecular complexity index is 335. The van der Waals surface area contributed by atoms with Gasteiger partial charge in [-0.25, -0.2) is 4.39 Å². The fourth-order valence-electron chi connectivity index (χ4n) is 1.25. The molecule has 1 atom stereocenters. The average Bonchev–Trinajstić information content (AvgIpc) is 2.21. The summed E-state index contributed by atoms with van der Waals surface area (Å²) < 4.78 is 14.1. The Morgan fingerprint density at radius 1 is 1.53 bits per heavy atom. The number of halogens is 2. The fraction of sp³-hybridized carbons (Fsp3) is 0.400. The molecule has 0 heterocycles. The van der Waals surface area contributed by atoms with Crippen LogP contribution in [-0.2, 0) is 0 Å². The van der Waals surface area contributed by atoms with E-state index in [9.17, 15) is 9.50 Å². The highest BCUT2D eigenvalue weighted by Gasteiger charge is 2.11. The lowest BCUT2D eigenvalue weighted by Gasteiger charge is -2.22. The Morgan fingerprint density at radius 2 is 2.20 bits per heavy atom. The molecule has 1 aromatic rings. The van der Waals surface area contributed by atoms with E-state index in [1.54, 1.807) is 24.1 Å². The number of aliphatic hydroxyl groups is 2. The molecule has 0 amide bonds. The van der Waals surface area contributed by atoms with Gasteiger partial charge < -0.3 is 15.1 Å². The Hall–Kier alpha value is -0.650. The van der Waals surface area contributed by atoms with Gasteiger partial charge in [-0.15, -0.1) is 0 Å². The highest BCUT2D eigenvalue weighted by Crippen LogP contribution is 2.22. The van der Waals surface area contributed by atoms with Crippen LogP contribution in [-0.4, -0.2) is 36.5 Å². The van der Waals surface area contributed by atoms with E-state index in [0.717, 1.165) is 4.47 Å². The van der Waals surface area contributed by atoms with Crippen molar-refractivity contribution in [1.82, 2.24) is 0 Å². The number of hydrogen-bond acceptors (Lipinski definition) is 3. The minimum absolute atomic E-state index is 0.184. The van der Waals surface area contributed by atoms with Gasteiger partial charge in [0.05, 0.1) is 18.4 Å². The molecule has 0 saturated carbocycles. The van der Waals surface area contributed by atoms with E-state index in [1.165, 1.54) is 6.07 Å². The smallest absolute Gasteiger partial charge is 0.146 e. The molecule has 0 aliphatic rings. The molecule has 3 nitrogen and oxygen atoms in total. The summed E-state index contributed by atoms with van der Waals surface area (Å²) in [5, 5.41) is 17.9. The maximum absolute atomic E-state index is 13.4. The van der Waals surface area contributed by atoms with E-state index in [0.29, 0.717) is 5.69 Å². The van der Waals surface area contributed by atoms with E-state index in [2.05, 4.69) is 15.9 Å². The van der Waals surface area contributed by atoms with Gasteiger partial charge in [0.15, 0.2) is 0 Å². The number of rotatable bonds is 4. The first-order valence-corrected chi connectivity index (χ1v) is 5.29. The van der Waals surface area contributed by atoms with Crippen molar-refractivity contribution in [3.8, 4) is 0 Å². The quantitative estimate of drug-likeness (QED) is 0.874. The van der Waals surface area contributed by atoms with Gasteiger partial charge in [0.2, 0.25) is 0 Å². The monoisotopic (exact) mass is 277 g/mol. The molecule has 0 fully saturated rings. The van der Waals surface area contributed by atoms with Crippen LogP contribution in [0.3, 0.4) is 0 Å². The molecule has 0 aromatic heterocycles. The number of hydrogen-bond donors (Lipinski definition) is 2. The summed E-state index contributed by atoms with van der Waals surface area (Å²) >= 11 is 3.24. The highest BCUT2D eigenvalue weighted by atomic mass is 79.9. The molecule has 0 saturated heterocycles. The van der Waals surface area contributed by atoms with Crippen LogP contribution in [0, 0.1) is 5.82 Å². The van der Waals surface area contributed by atoms with E-state index < -0.39 is 6.10 Å². The molecule has 0 spiro atoms. The van der Waals surface area contributed by atoms with Crippen LogP contribution in [0.1, 0.15) is 0 Å². The predicted octanol–water partition coefficient (Wildman–Crippen LogP) is 1.38. The lowest BCUT2D eigenvalue weighted by atomic mass is 10.2. The van der Waals surface area contributed by atoms with Gasteiger partial charge in [0.25, 0.3) is 0 Å². The van der Waals surface area contributed by atoms with Crippen LogP contribution in [0.4, 0.5) is 10.1 Å². The van der Waals surface area contributed by atoms with E-state index in [4.69, 9.17) is 5.11 Å². The summed E-state index contributed by atoms with van der Waals surface area (Å²) in [6, 6.07) is 4.58. The van der Waals surface area contributed by atoms with Gasteiger partial charge in [-0.3, -0.25) is 0 Å². The molecule has 1 rings (SSSR count). The van der Waals surface area contributed by atoms with Crippen LogP contribution in [0.25, 0.3) is 0 Å².